The van der Waals surface area contributed by atoms with Gasteiger partial charge in [-0.05, 0) is 76.0 Å². The average Bonchev–Trinajstić information content (AvgIpc) is 3.04. The van der Waals surface area contributed by atoms with E-state index in [0.717, 1.165) is 22.2 Å². The number of nitrogens with one attached hydrogen (secondary N) is 3. The fourth-order valence-corrected chi connectivity index (χ4v) is 6.24. The Hall–Kier alpha value is -4.12. The average molecular weight is 617 g/mol. The third-order valence-electron chi connectivity index (χ3n) is 9.17. The first-order valence-corrected chi connectivity index (χ1v) is 15.9. The third-order valence-corrected chi connectivity index (χ3v) is 9.17. The van der Waals surface area contributed by atoms with Crippen molar-refractivity contribution < 1.29 is 23.9 Å². The van der Waals surface area contributed by atoms with Gasteiger partial charge in [-0.25, -0.2) is 5.43 Å². The Kier molecular flexibility index (Phi) is 9.67. The minimum absolute atomic E-state index is 0.234. The third kappa shape index (κ3) is 7.08. The van der Waals surface area contributed by atoms with Gasteiger partial charge in [0.15, 0.2) is 6.10 Å². The van der Waals surface area contributed by atoms with Gasteiger partial charge in [0, 0.05) is 24.7 Å². The zero-order valence-electron chi connectivity index (χ0n) is 26.8. The Balaban J connectivity index is 1.54. The van der Waals surface area contributed by atoms with Crippen molar-refractivity contribution in [3.05, 3.63) is 47.7 Å². The Morgan fingerprint density at radius 1 is 1.00 bits per heavy atom. The van der Waals surface area contributed by atoms with Crippen LogP contribution in [0.1, 0.15) is 83.5 Å². The minimum Gasteiger partial charge on any atom is -0.451 e. The lowest BCUT2D eigenvalue weighted by molar-refractivity contribution is -0.167. The number of hydrogen-bond donors (Lipinski definition) is 3. The van der Waals surface area contributed by atoms with Crippen molar-refractivity contribution in [1.29, 1.82) is 0 Å². The summed E-state index contributed by atoms with van der Waals surface area (Å²) in [5.74, 6) is -1.95. The molecule has 1 saturated carbocycles. The molecule has 2 fully saturated rings. The molecule has 1 aromatic heterocycles. The van der Waals surface area contributed by atoms with Crippen LogP contribution in [0.25, 0.3) is 17.0 Å². The highest BCUT2D eigenvalue weighted by Gasteiger charge is 2.43. The molecule has 1 spiro atoms. The van der Waals surface area contributed by atoms with Crippen molar-refractivity contribution >= 4 is 46.4 Å². The molecule has 5 bridgehead atoms. The van der Waals surface area contributed by atoms with Crippen molar-refractivity contribution in [3.63, 3.8) is 0 Å². The molecular weight excluding hydrogens is 572 g/mol. The molecule has 1 unspecified atom stereocenters. The maximum atomic E-state index is 14.0. The smallest absolute Gasteiger partial charge is 0.316 e. The van der Waals surface area contributed by atoms with E-state index in [4.69, 9.17) is 9.72 Å². The van der Waals surface area contributed by atoms with Gasteiger partial charge in [-0.3, -0.25) is 34.2 Å². The summed E-state index contributed by atoms with van der Waals surface area (Å²) in [5, 5.41) is 8.14. The number of cyclic esters (lactones) is 1. The lowest BCUT2D eigenvalue weighted by Crippen LogP contribution is -2.61. The molecule has 240 valence electrons. The van der Waals surface area contributed by atoms with Crippen molar-refractivity contribution in [3.8, 4) is 0 Å². The Morgan fingerprint density at radius 2 is 1.71 bits per heavy atom. The number of aliphatic imine (C=N–C) groups is 1. The van der Waals surface area contributed by atoms with E-state index in [1.807, 2.05) is 63.3 Å². The lowest BCUT2D eigenvalue weighted by Gasteiger charge is -2.36. The number of amides is 3. The summed E-state index contributed by atoms with van der Waals surface area (Å²) in [6.07, 6.45) is 6.22. The fourth-order valence-electron chi connectivity index (χ4n) is 6.24. The number of carbonyl (C=O) groups excluding carboxylic acids is 4. The minimum atomic E-state index is -1.09. The highest BCUT2D eigenvalue weighted by atomic mass is 16.5. The van der Waals surface area contributed by atoms with E-state index >= 15 is 0 Å². The number of pyridine rings is 1. The van der Waals surface area contributed by atoms with Gasteiger partial charge in [0.1, 0.15) is 12.1 Å². The van der Waals surface area contributed by atoms with Crippen molar-refractivity contribution in [2.24, 2.45) is 16.3 Å². The normalized spacial score (nSPS) is 29.4. The van der Waals surface area contributed by atoms with Crippen molar-refractivity contribution in [2.75, 3.05) is 13.6 Å². The van der Waals surface area contributed by atoms with Gasteiger partial charge in [0.05, 0.1) is 22.7 Å². The molecule has 11 nitrogen and oxygen atoms in total. The van der Waals surface area contributed by atoms with E-state index in [2.05, 4.69) is 21.1 Å². The summed E-state index contributed by atoms with van der Waals surface area (Å²) >= 11 is 0. The topological polar surface area (TPSA) is 142 Å². The lowest BCUT2D eigenvalue weighted by atomic mass is 9.72. The zero-order chi connectivity index (χ0) is 32.3. The number of esters is 1. The van der Waals surface area contributed by atoms with Crippen LogP contribution >= 0.6 is 0 Å². The van der Waals surface area contributed by atoms with Gasteiger partial charge >= 0.3 is 5.97 Å². The molecule has 3 amide bonds. The van der Waals surface area contributed by atoms with Crippen LogP contribution in [-0.4, -0.2) is 71.2 Å². The standard InChI is InChI=1S/C34H44N6O5/c1-20(2)29-31(42)37-22(4)32(43)40-18-6-7-27(39-40)30(41)36-21(3)26-11-10-24-9-8-23(19-28(24)38-26)12-15-34(33(44)45-29)16-13-25(35-5)14-17-34/h8-12,15,19-22,27,29,39H,6-7,13-14,16-18H2,1-5H3,(H,36,41)(H,37,42)/b15-12+,35-25?/t21-,22+,27+,29?,34?/m1/s1. The van der Waals surface area contributed by atoms with E-state index in [-0.39, 0.29) is 23.8 Å². The number of hydrazine groups is 1. The predicted octanol–water partition coefficient (Wildman–Crippen LogP) is 3.64. The second-order valence-electron chi connectivity index (χ2n) is 12.8. The van der Waals surface area contributed by atoms with Crippen LogP contribution in [0.4, 0.5) is 0 Å². The van der Waals surface area contributed by atoms with Crippen LogP contribution in [0, 0.1) is 11.3 Å². The monoisotopic (exact) mass is 616 g/mol. The largest absolute Gasteiger partial charge is 0.451 e. The highest BCUT2D eigenvalue weighted by Crippen LogP contribution is 2.39. The summed E-state index contributed by atoms with van der Waals surface area (Å²) in [4.78, 5) is 63.4. The van der Waals surface area contributed by atoms with Gasteiger partial charge in [0.2, 0.25) is 5.91 Å². The van der Waals surface area contributed by atoms with E-state index in [0.29, 0.717) is 50.8 Å². The molecule has 2 aliphatic heterocycles. The maximum absolute atomic E-state index is 14.0. The molecule has 45 heavy (non-hydrogen) atoms. The maximum Gasteiger partial charge on any atom is 0.316 e. The second kappa shape index (κ2) is 13.5. The summed E-state index contributed by atoms with van der Waals surface area (Å²) in [7, 11) is 1.77. The van der Waals surface area contributed by atoms with Gasteiger partial charge in [-0.1, -0.05) is 44.2 Å². The Bertz CT molecular complexity index is 1520. The fraction of sp³-hybridized carbons (Fsp3) is 0.529. The summed E-state index contributed by atoms with van der Waals surface area (Å²) < 4.78 is 6.01. The summed E-state index contributed by atoms with van der Waals surface area (Å²) in [6.45, 7) is 7.49. The molecule has 3 aliphatic rings. The van der Waals surface area contributed by atoms with Gasteiger partial charge in [-0.2, -0.15) is 0 Å². The van der Waals surface area contributed by atoms with Crippen LogP contribution in [0.5, 0.6) is 0 Å². The number of hydrogen-bond acceptors (Lipinski definition) is 8. The first-order valence-electron chi connectivity index (χ1n) is 15.9. The first-order chi connectivity index (χ1) is 21.5. The van der Waals surface area contributed by atoms with Crippen molar-refractivity contribution in [1.82, 2.24) is 26.1 Å². The molecule has 3 heterocycles. The number of rotatable bonds is 1. The van der Waals surface area contributed by atoms with E-state index in [1.54, 1.807) is 14.0 Å². The molecule has 0 radical (unpaired) electrons. The zero-order valence-corrected chi connectivity index (χ0v) is 26.8. The van der Waals surface area contributed by atoms with Crippen LogP contribution in [0.3, 0.4) is 0 Å². The number of carbonyl (C=O) groups is 4. The second-order valence-corrected chi connectivity index (χ2v) is 12.8. The molecule has 2 aromatic rings. The summed E-state index contributed by atoms with van der Waals surface area (Å²) in [5.41, 5.74) is 5.49. The van der Waals surface area contributed by atoms with Crippen LogP contribution in [-0.2, 0) is 23.9 Å². The Labute approximate surface area is 264 Å². The quantitative estimate of drug-likeness (QED) is 0.416. The van der Waals surface area contributed by atoms with Crippen LogP contribution < -0.4 is 16.1 Å². The van der Waals surface area contributed by atoms with Crippen LogP contribution in [0.15, 0.2) is 41.4 Å². The van der Waals surface area contributed by atoms with Gasteiger partial charge in [0.25, 0.3) is 11.8 Å². The SMILES string of the molecule is CN=C1CCC2(/C=C/c3ccc4ccc(nc4c3)[C@@H](C)NC(=O)[C@@H]3CCCN(N3)C(=O)[C@H](C)NC(=O)C(C(C)C)OC2=O)CC1. The van der Waals surface area contributed by atoms with Crippen LogP contribution in [0.2, 0.25) is 0 Å². The first kappa shape index (κ1) is 32.3. The number of ether oxygens (including phenoxy) is 1. The van der Waals surface area contributed by atoms with E-state index < -0.39 is 35.5 Å². The number of aromatic nitrogens is 1. The van der Waals surface area contributed by atoms with E-state index in [1.165, 1.54) is 5.01 Å². The molecule has 1 aromatic carbocycles. The van der Waals surface area contributed by atoms with Gasteiger partial charge in [-0.15, -0.1) is 0 Å². The molecule has 4 atom stereocenters. The van der Waals surface area contributed by atoms with E-state index in [9.17, 15) is 19.2 Å². The molecule has 5 rings (SSSR count). The molecule has 1 saturated heterocycles. The van der Waals surface area contributed by atoms with Crippen molar-refractivity contribution in [2.45, 2.75) is 90.4 Å². The number of fused-ring (bicyclic) bond motifs is 4. The highest BCUT2D eigenvalue weighted by molar-refractivity contribution is 5.93. The Morgan fingerprint density at radius 3 is 2.42 bits per heavy atom. The van der Waals surface area contributed by atoms with Gasteiger partial charge < -0.3 is 15.4 Å². The summed E-state index contributed by atoms with van der Waals surface area (Å²) in [6, 6.07) is 7.90. The molecule has 1 aliphatic carbocycles. The molecular formula is C34H44N6O5. The molecule has 11 heteroatoms. The number of nitrogens with zero attached hydrogens (tertiary/aromatic N) is 3. The predicted molar refractivity (Wildman–Crippen MR) is 172 cm³/mol. The number of benzene rings is 1. The molecule has 3 N–H and O–H groups in total.